The third kappa shape index (κ3) is 4.28. The molecule has 0 atom stereocenters. The number of carbonyl (C=O) groups is 1. The van der Waals surface area contributed by atoms with Crippen LogP contribution in [0.4, 0.5) is 22.0 Å². The van der Waals surface area contributed by atoms with E-state index in [1.54, 1.807) is 6.20 Å². The van der Waals surface area contributed by atoms with Crippen molar-refractivity contribution in [2.45, 2.75) is 19.9 Å². The third-order valence-electron chi connectivity index (χ3n) is 2.49. The average Bonchev–Trinajstić information content (AvgIpc) is 2.41. The smallest absolute Gasteiger partial charge is 0.323 e. The molecule has 2 amide bonds. The van der Waals surface area contributed by atoms with Crippen molar-refractivity contribution in [3.63, 3.8) is 0 Å². The van der Waals surface area contributed by atoms with Crippen LogP contribution in [-0.2, 0) is 0 Å². The molecule has 1 aromatic carbocycles. The minimum Gasteiger partial charge on any atom is -0.368 e. The summed E-state index contributed by atoms with van der Waals surface area (Å²) in [6, 6.07) is 13.0. The van der Waals surface area contributed by atoms with Crippen molar-refractivity contribution in [3.8, 4) is 0 Å². The quantitative estimate of drug-likeness (QED) is 0.796. The molecule has 0 unspecified atom stereocenters. The van der Waals surface area contributed by atoms with Crippen molar-refractivity contribution in [1.82, 2.24) is 4.98 Å². The van der Waals surface area contributed by atoms with Gasteiger partial charge in [0, 0.05) is 11.7 Å². The molecule has 1 aromatic heterocycles. The van der Waals surface area contributed by atoms with Crippen LogP contribution in [-0.4, -0.2) is 17.1 Å². The highest BCUT2D eigenvalue weighted by molar-refractivity contribution is 5.99. The minimum absolute atomic E-state index is 0.289. The Bertz CT molecular complexity index is 552. The first-order chi connectivity index (χ1) is 9.63. The maximum absolute atomic E-state index is 11.8. The van der Waals surface area contributed by atoms with E-state index in [2.05, 4.69) is 20.9 Å². The predicted molar refractivity (Wildman–Crippen MR) is 82.1 cm³/mol. The van der Waals surface area contributed by atoms with Gasteiger partial charge in [0.2, 0.25) is 0 Å². The number of urea groups is 1. The molecule has 0 aliphatic heterocycles. The van der Waals surface area contributed by atoms with E-state index in [4.69, 9.17) is 0 Å². The Morgan fingerprint density at radius 3 is 2.30 bits per heavy atom. The maximum Gasteiger partial charge on any atom is 0.323 e. The predicted octanol–water partition coefficient (Wildman–Crippen LogP) is 3.55. The van der Waals surface area contributed by atoms with Gasteiger partial charge in [-0.1, -0.05) is 18.2 Å². The molecule has 0 bridgehead atoms. The Labute approximate surface area is 118 Å². The molecule has 0 aliphatic carbocycles. The second-order valence-electron chi connectivity index (χ2n) is 4.68. The van der Waals surface area contributed by atoms with Crippen molar-refractivity contribution in [2.24, 2.45) is 0 Å². The van der Waals surface area contributed by atoms with Crippen molar-refractivity contribution in [2.75, 3.05) is 16.0 Å². The lowest BCUT2D eigenvalue weighted by atomic mass is 10.3. The molecule has 2 aromatic rings. The zero-order chi connectivity index (χ0) is 14.4. The summed E-state index contributed by atoms with van der Waals surface area (Å²) in [5.74, 6) is 0.786. The lowest BCUT2D eigenvalue weighted by molar-refractivity contribution is 0.262. The SMILES string of the molecule is CC(C)Nc1ccc(NC(=O)Nc2ccccc2)cn1. The van der Waals surface area contributed by atoms with Gasteiger partial charge in [0.25, 0.3) is 0 Å². The first-order valence-electron chi connectivity index (χ1n) is 6.49. The van der Waals surface area contributed by atoms with E-state index in [-0.39, 0.29) is 6.03 Å². The summed E-state index contributed by atoms with van der Waals surface area (Å²) in [6.07, 6.45) is 1.62. The largest absolute Gasteiger partial charge is 0.368 e. The standard InChI is InChI=1S/C15H18N4O/c1-11(2)17-14-9-8-13(10-16-14)19-15(20)18-12-6-4-3-5-7-12/h3-11H,1-2H3,(H,16,17)(H2,18,19,20). The second-order valence-corrected chi connectivity index (χ2v) is 4.68. The Balaban J connectivity index is 1.91. The lowest BCUT2D eigenvalue weighted by Gasteiger charge is -2.10. The summed E-state index contributed by atoms with van der Waals surface area (Å²) in [5, 5.41) is 8.66. The molecule has 2 rings (SSSR count). The number of pyridine rings is 1. The van der Waals surface area contributed by atoms with Crippen LogP contribution in [0.25, 0.3) is 0 Å². The Morgan fingerprint density at radius 1 is 1.00 bits per heavy atom. The highest BCUT2D eigenvalue weighted by Gasteiger charge is 2.03. The molecule has 0 radical (unpaired) electrons. The van der Waals surface area contributed by atoms with Crippen molar-refractivity contribution in [1.29, 1.82) is 0 Å². The highest BCUT2D eigenvalue weighted by atomic mass is 16.2. The van der Waals surface area contributed by atoms with Crippen LogP contribution in [0.15, 0.2) is 48.7 Å². The van der Waals surface area contributed by atoms with E-state index < -0.39 is 0 Å². The van der Waals surface area contributed by atoms with E-state index in [9.17, 15) is 4.79 Å². The van der Waals surface area contributed by atoms with Gasteiger partial charge in [-0.2, -0.15) is 0 Å². The van der Waals surface area contributed by atoms with Crippen LogP contribution in [0.3, 0.4) is 0 Å². The van der Waals surface area contributed by atoms with Crippen LogP contribution < -0.4 is 16.0 Å². The first kappa shape index (κ1) is 13.9. The van der Waals surface area contributed by atoms with E-state index in [1.807, 2.05) is 56.3 Å². The molecule has 20 heavy (non-hydrogen) atoms. The molecule has 3 N–H and O–H groups in total. The summed E-state index contributed by atoms with van der Waals surface area (Å²) >= 11 is 0. The summed E-state index contributed by atoms with van der Waals surface area (Å²) in [6.45, 7) is 4.09. The van der Waals surface area contributed by atoms with Gasteiger partial charge in [0.05, 0.1) is 11.9 Å². The number of amides is 2. The fourth-order valence-electron chi connectivity index (χ4n) is 1.66. The van der Waals surface area contributed by atoms with E-state index in [1.165, 1.54) is 0 Å². The molecule has 0 saturated heterocycles. The van der Waals surface area contributed by atoms with E-state index in [0.29, 0.717) is 11.7 Å². The second kappa shape index (κ2) is 6.56. The normalized spacial score (nSPS) is 10.2. The number of nitrogens with one attached hydrogen (secondary N) is 3. The zero-order valence-electron chi connectivity index (χ0n) is 11.6. The minimum atomic E-state index is -0.289. The van der Waals surface area contributed by atoms with Gasteiger partial charge in [-0.05, 0) is 38.1 Å². The summed E-state index contributed by atoms with van der Waals surface area (Å²) in [4.78, 5) is 16.0. The first-order valence-corrected chi connectivity index (χ1v) is 6.49. The molecule has 5 heteroatoms. The van der Waals surface area contributed by atoms with Gasteiger partial charge < -0.3 is 16.0 Å². The number of hydrogen-bond acceptors (Lipinski definition) is 3. The third-order valence-corrected chi connectivity index (χ3v) is 2.49. The molecular weight excluding hydrogens is 252 g/mol. The number of benzene rings is 1. The molecular formula is C15H18N4O. The Kier molecular flexibility index (Phi) is 4.55. The number of hydrogen-bond donors (Lipinski definition) is 3. The van der Waals surface area contributed by atoms with Gasteiger partial charge in [-0.25, -0.2) is 9.78 Å². The number of para-hydroxylation sites is 1. The fraction of sp³-hybridized carbons (Fsp3) is 0.200. The van der Waals surface area contributed by atoms with Crippen molar-refractivity contribution in [3.05, 3.63) is 48.7 Å². The van der Waals surface area contributed by atoms with Crippen LogP contribution in [0.1, 0.15) is 13.8 Å². The van der Waals surface area contributed by atoms with Gasteiger partial charge in [0.15, 0.2) is 0 Å². The van der Waals surface area contributed by atoms with Crippen LogP contribution in [0.2, 0.25) is 0 Å². The highest BCUT2D eigenvalue weighted by Crippen LogP contribution is 2.11. The molecule has 5 nitrogen and oxygen atoms in total. The Morgan fingerprint density at radius 2 is 1.70 bits per heavy atom. The topological polar surface area (TPSA) is 66.0 Å². The molecule has 104 valence electrons. The van der Waals surface area contributed by atoms with Crippen LogP contribution >= 0.6 is 0 Å². The van der Waals surface area contributed by atoms with Crippen LogP contribution in [0.5, 0.6) is 0 Å². The van der Waals surface area contributed by atoms with Crippen molar-refractivity contribution < 1.29 is 4.79 Å². The monoisotopic (exact) mass is 270 g/mol. The maximum atomic E-state index is 11.8. The summed E-state index contributed by atoms with van der Waals surface area (Å²) in [5.41, 5.74) is 1.39. The van der Waals surface area contributed by atoms with E-state index >= 15 is 0 Å². The number of nitrogens with zero attached hydrogens (tertiary/aromatic N) is 1. The summed E-state index contributed by atoms with van der Waals surface area (Å²) in [7, 11) is 0. The lowest BCUT2D eigenvalue weighted by Crippen LogP contribution is -2.19. The number of rotatable bonds is 4. The molecule has 0 spiro atoms. The molecule has 0 fully saturated rings. The van der Waals surface area contributed by atoms with Gasteiger partial charge in [-0.15, -0.1) is 0 Å². The zero-order valence-corrected chi connectivity index (χ0v) is 11.6. The molecule has 0 aliphatic rings. The van der Waals surface area contributed by atoms with E-state index in [0.717, 1.165) is 11.5 Å². The average molecular weight is 270 g/mol. The Hall–Kier alpha value is -2.56. The number of aromatic nitrogens is 1. The number of anilines is 3. The summed E-state index contributed by atoms with van der Waals surface area (Å²) < 4.78 is 0. The fourth-order valence-corrected chi connectivity index (χ4v) is 1.66. The molecule has 1 heterocycles. The molecule has 0 saturated carbocycles. The van der Waals surface area contributed by atoms with Gasteiger partial charge in [0.1, 0.15) is 5.82 Å². The van der Waals surface area contributed by atoms with Gasteiger partial charge >= 0.3 is 6.03 Å². The van der Waals surface area contributed by atoms with Crippen molar-refractivity contribution >= 4 is 23.2 Å². The number of carbonyl (C=O) groups excluding carboxylic acids is 1. The van der Waals surface area contributed by atoms with Gasteiger partial charge in [-0.3, -0.25) is 0 Å². The van der Waals surface area contributed by atoms with Crippen LogP contribution in [0, 0.1) is 0 Å².